The molecule has 138 valence electrons. The Hall–Kier alpha value is -1.98. The number of rotatable bonds is 7. The number of anilines is 2. The van der Waals surface area contributed by atoms with Gasteiger partial charge in [0.25, 0.3) is 0 Å². The Labute approximate surface area is 168 Å². The van der Waals surface area contributed by atoms with Gasteiger partial charge in [0, 0.05) is 27.5 Å². The Bertz CT molecular complexity index is 922. The number of aromatic amines is 1. The number of hydrogen-bond donors (Lipinski definition) is 2. The fourth-order valence-electron chi connectivity index (χ4n) is 3.73. The van der Waals surface area contributed by atoms with Crippen LogP contribution >= 0.6 is 23.4 Å². The molecule has 0 aliphatic heterocycles. The van der Waals surface area contributed by atoms with Crippen molar-refractivity contribution < 1.29 is 0 Å². The molecule has 2 aromatic heterocycles. The van der Waals surface area contributed by atoms with Crippen molar-refractivity contribution in [1.29, 1.82) is 0 Å². The third-order valence-electron chi connectivity index (χ3n) is 5.22. The molecular formula is C21H21ClN4S. The van der Waals surface area contributed by atoms with E-state index in [1.807, 2.05) is 30.3 Å². The van der Waals surface area contributed by atoms with Crippen LogP contribution in [-0.2, 0) is 0 Å². The number of nitrogens with one attached hydrogen (secondary N) is 2. The zero-order valence-electron chi connectivity index (χ0n) is 14.9. The maximum absolute atomic E-state index is 6.25. The molecule has 3 aromatic rings. The Balaban J connectivity index is 1.33. The minimum atomic E-state index is 0.475. The molecule has 2 heterocycles. The van der Waals surface area contributed by atoms with E-state index in [1.165, 1.54) is 36.3 Å². The first-order valence-electron chi connectivity index (χ1n) is 9.47. The van der Waals surface area contributed by atoms with E-state index in [1.54, 1.807) is 11.8 Å². The van der Waals surface area contributed by atoms with E-state index in [4.69, 9.17) is 11.6 Å². The number of pyridine rings is 1. The molecule has 0 spiro atoms. The molecule has 5 rings (SSSR count). The monoisotopic (exact) mass is 396 g/mol. The van der Waals surface area contributed by atoms with Crippen LogP contribution in [0.15, 0.2) is 58.3 Å². The molecule has 27 heavy (non-hydrogen) atoms. The lowest BCUT2D eigenvalue weighted by molar-refractivity contribution is 0.523. The minimum absolute atomic E-state index is 0.475. The van der Waals surface area contributed by atoms with Gasteiger partial charge in [-0.15, -0.1) is 0 Å². The van der Waals surface area contributed by atoms with Crippen molar-refractivity contribution in [3.63, 3.8) is 0 Å². The largest absolute Gasteiger partial charge is 0.323 e. The maximum Gasteiger partial charge on any atom is 0.153 e. The third kappa shape index (κ3) is 4.14. The lowest BCUT2D eigenvalue weighted by Gasteiger charge is -2.12. The van der Waals surface area contributed by atoms with Crippen LogP contribution in [0.25, 0.3) is 0 Å². The van der Waals surface area contributed by atoms with Crippen molar-refractivity contribution in [1.82, 2.24) is 15.2 Å². The zero-order valence-corrected chi connectivity index (χ0v) is 16.4. The number of nitrogens with zero attached hydrogens (tertiary/aromatic N) is 2. The highest BCUT2D eigenvalue weighted by Crippen LogP contribution is 2.54. The van der Waals surface area contributed by atoms with Crippen molar-refractivity contribution in [2.24, 2.45) is 11.8 Å². The Kier molecular flexibility index (Phi) is 4.58. The lowest BCUT2D eigenvalue weighted by atomic mass is 9.94. The molecule has 0 bridgehead atoms. The molecule has 2 aliphatic rings. The SMILES string of the molecule is Clc1cc(Sc2ccccc2)cc(Nc2cc(C(C3CC3)C3CC3)[nH]n2)n1. The van der Waals surface area contributed by atoms with Crippen LogP contribution in [0.5, 0.6) is 0 Å². The van der Waals surface area contributed by atoms with Gasteiger partial charge in [-0.25, -0.2) is 4.98 Å². The summed E-state index contributed by atoms with van der Waals surface area (Å²) in [4.78, 5) is 6.63. The molecule has 0 unspecified atom stereocenters. The summed E-state index contributed by atoms with van der Waals surface area (Å²) < 4.78 is 0. The molecular weight excluding hydrogens is 376 g/mol. The van der Waals surface area contributed by atoms with Gasteiger partial charge in [-0.05, 0) is 61.8 Å². The van der Waals surface area contributed by atoms with Crippen LogP contribution in [0.3, 0.4) is 0 Å². The molecule has 2 fully saturated rings. The van der Waals surface area contributed by atoms with Crippen LogP contribution in [0, 0.1) is 11.8 Å². The highest BCUT2D eigenvalue weighted by atomic mass is 35.5. The molecule has 0 amide bonds. The highest BCUT2D eigenvalue weighted by Gasteiger charge is 2.43. The fraction of sp³-hybridized carbons (Fsp3) is 0.333. The summed E-state index contributed by atoms with van der Waals surface area (Å²) in [7, 11) is 0. The van der Waals surface area contributed by atoms with Crippen LogP contribution in [0.1, 0.15) is 37.3 Å². The van der Waals surface area contributed by atoms with Crippen molar-refractivity contribution >= 4 is 35.0 Å². The molecule has 4 nitrogen and oxygen atoms in total. The van der Waals surface area contributed by atoms with E-state index in [9.17, 15) is 0 Å². The van der Waals surface area contributed by atoms with Gasteiger partial charge in [-0.2, -0.15) is 5.10 Å². The normalized spacial score (nSPS) is 16.7. The Morgan fingerprint density at radius 2 is 1.70 bits per heavy atom. The number of hydrogen-bond acceptors (Lipinski definition) is 4. The van der Waals surface area contributed by atoms with E-state index in [2.05, 4.69) is 38.7 Å². The summed E-state index contributed by atoms with van der Waals surface area (Å²) in [6.45, 7) is 0. The number of benzene rings is 1. The average molecular weight is 397 g/mol. The van der Waals surface area contributed by atoms with Gasteiger partial charge in [0.15, 0.2) is 5.82 Å². The molecule has 1 aromatic carbocycles. The van der Waals surface area contributed by atoms with Crippen molar-refractivity contribution in [3.8, 4) is 0 Å². The Morgan fingerprint density at radius 1 is 0.963 bits per heavy atom. The topological polar surface area (TPSA) is 53.6 Å². The predicted molar refractivity (Wildman–Crippen MR) is 110 cm³/mol. The minimum Gasteiger partial charge on any atom is -0.323 e. The zero-order chi connectivity index (χ0) is 18.2. The first kappa shape index (κ1) is 17.1. The number of halogens is 1. The summed E-state index contributed by atoms with van der Waals surface area (Å²) in [6.07, 6.45) is 5.44. The summed E-state index contributed by atoms with van der Waals surface area (Å²) in [5.74, 6) is 3.88. The van der Waals surface area contributed by atoms with Crippen LogP contribution in [-0.4, -0.2) is 15.2 Å². The lowest BCUT2D eigenvalue weighted by Crippen LogP contribution is -2.04. The van der Waals surface area contributed by atoms with Gasteiger partial charge in [0.1, 0.15) is 11.0 Å². The Morgan fingerprint density at radius 3 is 2.41 bits per heavy atom. The number of H-pyrrole nitrogens is 1. The fourth-order valence-corrected chi connectivity index (χ4v) is 4.91. The molecule has 2 N–H and O–H groups in total. The third-order valence-corrected chi connectivity index (χ3v) is 6.39. The van der Waals surface area contributed by atoms with Gasteiger partial charge in [0.05, 0.1) is 0 Å². The van der Waals surface area contributed by atoms with E-state index < -0.39 is 0 Å². The summed E-state index contributed by atoms with van der Waals surface area (Å²) in [5, 5.41) is 11.5. The van der Waals surface area contributed by atoms with Gasteiger partial charge in [0.2, 0.25) is 0 Å². The molecule has 0 atom stereocenters. The second-order valence-electron chi connectivity index (χ2n) is 7.46. The summed E-state index contributed by atoms with van der Waals surface area (Å²) in [5.41, 5.74) is 1.27. The van der Waals surface area contributed by atoms with Gasteiger partial charge in [-0.3, -0.25) is 5.10 Å². The molecule has 2 aliphatic carbocycles. The highest BCUT2D eigenvalue weighted by molar-refractivity contribution is 7.99. The first-order valence-corrected chi connectivity index (χ1v) is 10.7. The molecule has 6 heteroatoms. The van der Waals surface area contributed by atoms with Gasteiger partial charge in [-0.1, -0.05) is 41.6 Å². The second kappa shape index (κ2) is 7.21. The van der Waals surface area contributed by atoms with Crippen LogP contribution in [0.2, 0.25) is 5.15 Å². The second-order valence-corrected chi connectivity index (χ2v) is 8.99. The van der Waals surface area contributed by atoms with Crippen molar-refractivity contribution in [2.45, 2.75) is 41.4 Å². The summed E-state index contributed by atoms with van der Waals surface area (Å²) in [6, 6.07) is 16.3. The predicted octanol–water partition coefficient (Wildman–Crippen LogP) is 6.26. The van der Waals surface area contributed by atoms with Gasteiger partial charge < -0.3 is 5.32 Å². The van der Waals surface area contributed by atoms with Crippen LogP contribution < -0.4 is 5.32 Å². The van der Waals surface area contributed by atoms with E-state index >= 15 is 0 Å². The van der Waals surface area contributed by atoms with E-state index in [-0.39, 0.29) is 0 Å². The van der Waals surface area contributed by atoms with E-state index in [0.29, 0.717) is 16.9 Å². The maximum atomic E-state index is 6.25. The van der Waals surface area contributed by atoms with Crippen molar-refractivity contribution in [2.75, 3.05) is 5.32 Å². The average Bonchev–Trinajstić information content (AvgIpc) is 3.57. The smallest absolute Gasteiger partial charge is 0.153 e. The number of aromatic nitrogens is 3. The molecule has 0 saturated heterocycles. The first-order chi connectivity index (χ1) is 13.2. The standard InChI is InChI=1S/C21H21ClN4S/c22-18-10-16(27-15-4-2-1-3-5-15)11-19(23-18)24-20-12-17(25-26-20)21(13-6-7-13)14-8-9-14/h1-5,10-14,21H,6-9H2,(H2,23,24,25,26). The van der Waals surface area contributed by atoms with E-state index in [0.717, 1.165) is 22.5 Å². The molecule has 0 radical (unpaired) electrons. The molecule has 2 saturated carbocycles. The summed E-state index contributed by atoms with van der Waals surface area (Å²) >= 11 is 7.91. The van der Waals surface area contributed by atoms with Crippen molar-refractivity contribution in [3.05, 3.63) is 59.4 Å². The van der Waals surface area contributed by atoms with Crippen LogP contribution in [0.4, 0.5) is 11.6 Å². The quantitative estimate of drug-likeness (QED) is 0.463. The van der Waals surface area contributed by atoms with Gasteiger partial charge >= 0.3 is 0 Å².